The lowest BCUT2D eigenvalue weighted by atomic mass is 10.0. The topological polar surface area (TPSA) is 122 Å². The number of imide groups is 1. The van der Waals surface area contributed by atoms with Crippen LogP contribution >= 0.6 is 0 Å². The fourth-order valence-electron chi connectivity index (χ4n) is 4.36. The van der Waals surface area contributed by atoms with Gasteiger partial charge in [0, 0.05) is 24.1 Å². The van der Waals surface area contributed by atoms with Gasteiger partial charge in [-0.2, -0.15) is 5.10 Å². The molecule has 2 N–H and O–H groups in total. The number of carboxylic acids is 1. The minimum Gasteiger partial charge on any atom is -0.477 e. The van der Waals surface area contributed by atoms with E-state index in [4.69, 9.17) is 0 Å². The molecule has 1 aromatic heterocycles. The van der Waals surface area contributed by atoms with Gasteiger partial charge in [0.25, 0.3) is 5.91 Å². The van der Waals surface area contributed by atoms with Crippen molar-refractivity contribution in [3.05, 3.63) is 77.0 Å². The summed E-state index contributed by atoms with van der Waals surface area (Å²) in [7, 11) is 0. The molecule has 2 aliphatic rings. The summed E-state index contributed by atoms with van der Waals surface area (Å²) in [5.41, 5.74) is 3.50. The number of carboxylic acid groups (broad SMARTS) is 1. The largest absolute Gasteiger partial charge is 0.477 e. The lowest BCUT2D eigenvalue weighted by molar-refractivity contribution is -0.136. The van der Waals surface area contributed by atoms with E-state index in [1.807, 2.05) is 36.4 Å². The number of aromatic nitrogens is 2. The molecule has 9 heteroatoms. The standard InChI is InChI=1S/C24H20N4O5/c29-21-9-8-19(22(30)25-21)27-13-16-10-14(6-7-17(16)23(27)31)12-28-20(24(32)33)11-18(26-28)15-4-2-1-3-5-15/h1-7,10-11,19H,8-9,12-13H2,(H,32,33)(H,25,29,30). The highest BCUT2D eigenvalue weighted by atomic mass is 16.4. The minimum atomic E-state index is -1.08. The molecule has 0 bridgehead atoms. The van der Waals surface area contributed by atoms with Gasteiger partial charge < -0.3 is 10.0 Å². The van der Waals surface area contributed by atoms with Crippen LogP contribution in [0.25, 0.3) is 11.3 Å². The number of carbonyl (C=O) groups excluding carboxylic acids is 3. The number of nitrogens with zero attached hydrogens (tertiary/aromatic N) is 3. The van der Waals surface area contributed by atoms with Gasteiger partial charge in [-0.25, -0.2) is 4.79 Å². The zero-order chi connectivity index (χ0) is 23.1. The van der Waals surface area contributed by atoms with E-state index in [9.17, 15) is 24.3 Å². The predicted octanol–water partition coefficient (Wildman–Crippen LogP) is 2.06. The van der Waals surface area contributed by atoms with E-state index in [-0.39, 0.29) is 37.0 Å². The minimum absolute atomic E-state index is 0.0654. The number of hydrogen-bond donors (Lipinski definition) is 2. The molecular formula is C24H20N4O5. The summed E-state index contributed by atoms with van der Waals surface area (Å²) in [6.45, 7) is 0.475. The number of aromatic carboxylic acids is 1. The van der Waals surface area contributed by atoms with Crippen LogP contribution in [0.1, 0.15) is 44.8 Å². The van der Waals surface area contributed by atoms with Crippen molar-refractivity contribution >= 4 is 23.7 Å². The summed E-state index contributed by atoms with van der Waals surface area (Å²) in [5, 5.41) is 16.4. The fourth-order valence-corrected chi connectivity index (χ4v) is 4.36. The van der Waals surface area contributed by atoms with E-state index in [0.717, 1.165) is 16.7 Å². The van der Waals surface area contributed by atoms with E-state index in [2.05, 4.69) is 10.4 Å². The predicted molar refractivity (Wildman–Crippen MR) is 116 cm³/mol. The Labute approximate surface area is 188 Å². The number of nitrogens with one attached hydrogen (secondary N) is 1. The second-order valence-electron chi connectivity index (χ2n) is 8.14. The number of amides is 3. The Bertz CT molecular complexity index is 1300. The molecular weight excluding hydrogens is 424 g/mol. The first kappa shape index (κ1) is 20.6. The van der Waals surface area contributed by atoms with Crippen LogP contribution in [-0.4, -0.2) is 49.5 Å². The molecule has 0 radical (unpaired) electrons. The summed E-state index contributed by atoms with van der Waals surface area (Å²) in [6, 6.07) is 15.5. The molecule has 2 aliphatic heterocycles. The third-order valence-electron chi connectivity index (χ3n) is 5.99. The van der Waals surface area contributed by atoms with Crippen molar-refractivity contribution in [2.75, 3.05) is 0 Å². The third-order valence-corrected chi connectivity index (χ3v) is 5.99. The molecule has 0 spiro atoms. The molecule has 0 saturated carbocycles. The van der Waals surface area contributed by atoms with Gasteiger partial charge in [-0.15, -0.1) is 0 Å². The van der Waals surface area contributed by atoms with Gasteiger partial charge in [0.2, 0.25) is 11.8 Å². The van der Waals surface area contributed by atoms with Crippen LogP contribution in [0, 0.1) is 0 Å². The van der Waals surface area contributed by atoms with Crippen LogP contribution in [0.2, 0.25) is 0 Å². The van der Waals surface area contributed by atoms with Gasteiger partial charge >= 0.3 is 5.97 Å². The van der Waals surface area contributed by atoms with Gasteiger partial charge in [-0.3, -0.25) is 24.4 Å². The van der Waals surface area contributed by atoms with Crippen molar-refractivity contribution in [1.29, 1.82) is 0 Å². The van der Waals surface area contributed by atoms with E-state index in [1.54, 1.807) is 18.2 Å². The van der Waals surface area contributed by atoms with Gasteiger partial charge in [-0.05, 0) is 29.7 Å². The Morgan fingerprint density at radius 1 is 1.09 bits per heavy atom. The highest BCUT2D eigenvalue weighted by Crippen LogP contribution is 2.29. The van der Waals surface area contributed by atoms with Crippen LogP contribution in [0.4, 0.5) is 0 Å². The van der Waals surface area contributed by atoms with Gasteiger partial charge in [0.1, 0.15) is 11.7 Å². The maximum absolute atomic E-state index is 12.9. The summed E-state index contributed by atoms with van der Waals surface area (Å²) in [4.78, 5) is 49.8. The van der Waals surface area contributed by atoms with Gasteiger partial charge in [-0.1, -0.05) is 42.5 Å². The molecule has 33 heavy (non-hydrogen) atoms. The molecule has 0 aliphatic carbocycles. The second-order valence-corrected chi connectivity index (χ2v) is 8.14. The lowest BCUT2D eigenvalue weighted by Crippen LogP contribution is -2.52. The maximum Gasteiger partial charge on any atom is 0.354 e. The first-order valence-corrected chi connectivity index (χ1v) is 10.5. The van der Waals surface area contributed by atoms with E-state index in [1.165, 1.54) is 9.58 Å². The maximum atomic E-state index is 12.9. The van der Waals surface area contributed by atoms with Crippen LogP contribution in [0.15, 0.2) is 54.6 Å². The molecule has 1 unspecified atom stereocenters. The summed E-state index contributed by atoms with van der Waals surface area (Å²) < 4.78 is 1.43. The van der Waals surface area contributed by atoms with Crippen molar-refractivity contribution in [3.63, 3.8) is 0 Å². The second kappa shape index (κ2) is 8.01. The van der Waals surface area contributed by atoms with Crippen LogP contribution in [0.5, 0.6) is 0 Å². The zero-order valence-electron chi connectivity index (χ0n) is 17.5. The van der Waals surface area contributed by atoms with Crippen LogP contribution in [-0.2, 0) is 22.7 Å². The molecule has 2 aromatic carbocycles. The van der Waals surface area contributed by atoms with Gasteiger partial charge in [0.15, 0.2) is 0 Å². The average molecular weight is 444 g/mol. The number of benzene rings is 2. The summed E-state index contributed by atoms with van der Waals surface area (Å²) >= 11 is 0. The van der Waals surface area contributed by atoms with E-state index < -0.39 is 17.9 Å². The monoisotopic (exact) mass is 444 g/mol. The molecule has 9 nitrogen and oxygen atoms in total. The highest BCUT2D eigenvalue weighted by Gasteiger charge is 2.39. The van der Waals surface area contributed by atoms with E-state index >= 15 is 0 Å². The number of rotatable bonds is 5. The van der Waals surface area contributed by atoms with Crippen molar-refractivity contribution in [1.82, 2.24) is 20.0 Å². The fraction of sp³-hybridized carbons (Fsp3) is 0.208. The molecule has 1 saturated heterocycles. The first-order valence-electron chi connectivity index (χ1n) is 10.5. The molecule has 3 heterocycles. The molecule has 5 rings (SSSR count). The summed E-state index contributed by atoms with van der Waals surface area (Å²) in [5.74, 6) is -2.11. The molecule has 3 aromatic rings. The number of hydrogen-bond acceptors (Lipinski definition) is 5. The Hall–Kier alpha value is -4.27. The Balaban J connectivity index is 1.40. The Kier molecular flexibility index (Phi) is 5.01. The Morgan fingerprint density at radius 3 is 2.61 bits per heavy atom. The van der Waals surface area contributed by atoms with Crippen molar-refractivity contribution in [2.45, 2.75) is 32.0 Å². The van der Waals surface area contributed by atoms with Crippen molar-refractivity contribution in [3.8, 4) is 11.3 Å². The lowest BCUT2D eigenvalue weighted by Gasteiger charge is -2.29. The Morgan fingerprint density at radius 2 is 1.88 bits per heavy atom. The quantitative estimate of drug-likeness (QED) is 0.581. The SMILES string of the molecule is O=C1CCC(N2Cc3cc(Cn4nc(-c5ccccc5)cc4C(=O)O)ccc3C2=O)C(=O)N1. The van der Waals surface area contributed by atoms with Gasteiger partial charge in [0.05, 0.1) is 12.2 Å². The molecule has 1 atom stereocenters. The zero-order valence-corrected chi connectivity index (χ0v) is 17.5. The highest BCUT2D eigenvalue weighted by molar-refractivity contribution is 6.05. The molecule has 166 valence electrons. The molecule has 3 amide bonds. The molecule has 1 fully saturated rings. The van der Waals surface area contributed by atoms with E-state index in [0.29, 0.717) is 17.7 Å². The van der Waals surface area contributed by atoms with Crippen molar-refractivity contribution in [2.24, 2.45) is 0 Å². The van der Waals surface area contributed by atoms with Crippen molar-refractivity contribution < 1.29 is 24.3 Å². The summed E-state index contributed by atoms with van der Waals surface area (Å²) in [6.07, 6.45) is 0.498. The smallest absolute Gasteiger partial charge is 0.354 e. The number of piperidine rings is 1. The third kappa shape index (κ3) is 3.78. The first-order chi connectivity index (χ1) is 15.9. The van der Waals surface area contributed by atoms with Crippen LogP contribution < -0.4 is 5.32 Å². The average Bonchev–Trinajstić information content (AvgIpc) is 3.36. The van der Waals surface area contributed by atoms with Crippen LogP contribution in [0.3, 0.4) is 0 Å². The normalized spacial score (nSPS) is 17.8. The number of carbonyl (C=O) groups is 4. The number of fused-ring (bicyclic) bond motifs is 1.